The summed E-state index contributed by atoms with van der Waals surface area (Å²) in [5, 5.41) is 0. The SMILES string of the molecule is COC(=O)C1CCCN1P(=O)(OC[C@@H]1OC[C@H](n2cc(C)c(=O)[nH]c2=O)O1)Oc1ccccc1. The molecule has 0 saturated carbocycles. The number of nitrogens with one attached hydrogen (secondary N) is 1. The molecule has 2 saturated heterocycles. The number of benzene rings is 1. The first-order chi connectivity index (χ1) is 16.3. The van der Waals surface area contributed by atoms with Gasteiger partial charge in [0, 0.05) is 18.3 Å². The van der Waals surface area contributed by atoms with Gasteiger partial charge in [0.25, 0.3) is 5.56 Å². The first kappa shape index (κ1) is 24.4. The molecule has 0 aliphatic carbocycles. The number of para-hydroxylation sites is 1. The van der Waals surface area contributed by atoms with Crippen LogP contribution in [0, 0.1) is 6.92 Å². The topological polar surface area (TPSA) is 138 Å². The molecule has 1 aromatic carbocycles. The zero-order valence-corrected chi connectivity index (χ0v) is 19.6. The molecule has 2 fully saturated rings. The molecule has 184 valence electrons. The van der Waals surface area contributed by atoms with Crippen molar-refractivity contribution in [1.82, 2.24) is 14.2 Å². The predicted octanol–water partition coefficient (Wildman–Crippen LogP) is 1.56. The molecular formula is C21H26N3O9P. The van der Waals surface area contributed by atoms with E-state index < -0.39 is 43.5 Å². The number of carbonyl (C=O) groups excluding carboxylic acids is 1. The maximum absolute atomic E-state index is 13.9. The van der Waals surface area contributed by atoms with Crippen molar-refractivity contribution < 1.29 is 32.6 Å². The Kier molecular flexibility index (Phi) is 7.34. The molecule has 1 aromatic heterocycles. The molecule has 0 radical (unpaired) electrons. The average molecular weight is 495 g/mol. The van der Waals surface area contributed by atoms with E-state index in [9.17, 15) is 18.9 Å². The van der Waals surface area contributed by atoms with Crippen LogP contribution >= 0.6 is 7.75 Å². The lowest BCUT2D eigenvalue weighted by Gasteiger charge is -2.30. The van der Waals surface area contributed by atoms with Crippen LogP contribution in [0.4, 0.5) is 0 Å². The van der Waals surface area contributed by atoms with Gasteiger partial charge >= 0.3 is 19.4 Å². The summed E-state index contributed by atoms with van der Waals surface area (Å²) in [5.74, 6) is -0.220. The number of aromatic nitrogens is 2. The lowest BCUT2D eigenvalue weighted by Crippen LogP contribution is -2.37. The van der Waals surface area contributed by atoms with Crippen LogP contribution in [-0.2, 0) is 28.1 Å². The third-order valence-corrected chi connectivity index (χ3v) is 7.56. The van der Waals surface area contributed by atoms with Gasteiger partial charge in [-0.3, -0.25) is 23.7 Å². The Morgan fingerprint density at radius 2 is 2.03 bits per heavy atom. The van der Waals surface area contributed by atoms with E-state index in [1.54, 1.807) is 37.3 Å². The Labute approximate surface area is 194 Å². The summed E-state index contributed by atoms with van der Waals surface area (Å²) in [6.45, 7) is 1.60. The highest BCUT2D eigenvalue weighted by Gasteiger charge is 2.47. The molecule has 2 unspecified atom stereocenters. The third kappa shape index (κ3) is 5.16. The van der Waals surface area contributed by atoms with Crippen LogP contribution in [0.2, 0.25) is 0 Å². The van der Waals surface area contributed by atoms with E-state index in [4.69, 9.17) is 23.3 Å². The van der Waals surface area contributed by atoms with Crippen LogP contribution in [0.5, 0.6) is 5.75 Å². The maximum atomic E-state index is 13.9. The average Bonchev–Trinajstić information content (AvgIpc) is 3.51. The number of nitrogens with zero attached hydrogens (tertiary/aromatic N) is 2. The normalized spacial score (nSPS) is 24.6. The Balaban J connectivity index is 1.49. The van der Waals surface area contributed by atoms with E-state index in [0.29, 0.717) is 30.7 Å². The fourth-order valence-electron chi connectivity index (χ4n) is 3.82. The van der Waals surface area contributed by atoms with E-state index in [1.807, 2.05) is 0 Å². The number of hydrogen-bond donors (Lipinski definition) is 1. The minimum Gasteiger partial charge on any atom is -0.468 e. The van der Waals surface area contributed by atoms with Crippen LogP contribution < -0.4 is 15.8 Å². The highest BCUT2D eigenvalue weighted by atomic mass is 31.2. The highest BCUT2D eigenvalue weighted by Crippen LogP contribution is 2.55. The molecule has 1 N–H and O–H groups in total. The molecule has 12 nitrogen and oxygen atoms in total. The van der Waals surface area contributed by atoms with Gasteiger partial charge in [0.15, 0.2) is 12.5 Å². The van der Waals surface area contributed by atoms with Gasteiger partial charge in [-0.1, -0.05) is 18.2 Å². The summed E-state index contributed by atoms with van der Waals surface area (Å²) in [6, 6.07) is 7.71. The summed E-state index contributed by atoms with van der Waals surface area (Å²) >= 11 is 0. The molecule has 4 rings (SSSR count). The van der Waals surface area contributed by atoms with Crippen molar-refractivity contribution in [2.75, 3.05) is 26.9 Å². The van der Waals surface area contributed by atoms with Crippen LogP contribution in [-0.4, -0.2) is 59.4 Å². The Morgan fingerprint density at radius 3 is 2.76 bits per heavy atom. The standard InChI is InChI=1S/C21H26N3O9P/c1-14-11-23(21(27)22-19(14)25)17-12-30-18(32-17)13-31-34(28,33-15-7-4-3-5-8-15)24-10-6-9-16(24)20(26)29-2/h3-5,7-8,11,16-18H,6,9-10,12-13H2,1-2H3,(H,22,25,27)/t16?,17-,18-,34?/m1/s1. The number of carbonyl (C=O) groups is 1. The lowest BCUT2D eigenvalue weighted by molar-refractivity contribution is -0.144. The van der Waals surface area contributed by atoms with E-state index in [0.717, 1.165) is 0 Å². The van der Waals surface area contributed by atoms with Crippen LogP contribution in [0.1, 0.15) is 24.6 Å². The number of rotatable bonds is 8. The smallest absolute Gasteiger partial charge is 0.462 e. The van der Waals surface area contributed by atoms with Crippen molar-refractivity contribution in [3.05, 3.63) is 62.9 Å². The lowest BCUT2D eigenvalue weighted by atomic mass is 10.2. The molecular weight excluding hydrogens is 469 g/mol. The number of hydrogen-bond acceptors (Lipinski definition) is 9. The molecule has 2 aliphatic rings. The number of H-pyrrole nitrogens is 1. The first-order valence-electron chi connectivity index (χ1n) is 10.7. The second kappa shape index (κ2) is 10.2. The fraction of sp³-hybridized carbons (Fsp3) is 0.476. The van der Waals surface area contributed by atoms with Crippen LogP contribution in [0.25, 0.3) is 0 Å². The molecule has 3 heterocycles. The van der Waals surface area contributed by atoms with Crippen molar-refractivity contribution in [2.45, 2.75) is 38.3 Å². The molecule has 2 aliphatic heterocycles. The number of methoxy groups -OCH3 is 1. The van der Waals surface area contributed by atoms with Crippen LogP contribution in [0.15, 0.2) is 46.1 Å². The number of ether oxygens (including phenoxy) is 3. The summed E-state index contributed by atoms with van der Waals surface area (Å²) in [6.07, 6.45) is 0.674. The van der Waals surface area contributed by atoms with Gasteiger partial charge in [-0.25, -0.2) is 9.36 Å². The van der Waals surface area contributed by atoms with E-state index >= 15 is 0 Å². The zero-order chi connectivity index (χ0) is 24.3. The molecule has 13 heteroatoms. The molecule has 0 amide bonds. The fourth-order valence-corrected chi connectivity index (χ4v) is 5.76. The third-order valence-electron chi connectivity index (χ3n) is 5.54. The zero-order valence-electron chi connectivity index (χ0n) is 18.7. The molecule has 4 atom stereocenters. The quantitative estimate of drug-likeness (QED) is 0.424. The Morgan fingerprint density at radius 1 is 1.26 bits per heavy atom. The number of aromatic amines is 1. The van der Waals surface area contributed by atoms with Crippen molar-refractivity contribution >= 4 is 13.7 Å². The van der Waals surface area contributed by atoms with Crippen molar-refractivity contribution in [3.8, 4) is 5.75 Å². The molecule has 0 spiro atoms. The summed E-state index contributed by atoms with van der Waals surface area (Å²) in [5.41, 5.74) is -0.779. The molecule has 0 bridgehead atoms. The first-order valence-corrected chi connectivity index (χ1v) is 12.2. The Hall–Kier alpha value is -2.76. The summed E-state index contributed by atoms with van der Waals surface area (Å²) in [4.78, 5) is 38.2. The van der Waals surface area contributed by atoms with Gasteiger partial charge < -0.3 is 18.7 Å². The van der Waals surface area contributed by atoms with Crippen molar-refractivity contribution in [2.24, 2.45) is 0 Å². The van der Waals surface area contributed by atoms with Gasteiger partial charge in [0.05, 0.1) is 13.7 Å². The maximum Gasteiger partial charge on any atom is 0.462 e. The highest BCUT2D eigenvalue weighted by molar-refractivity contribution is 7.51. The second-order valence-electron chi connectivity index (χ2n) is 7.85. The molecule has 34 heavy (non-hydrogen) atoms. The van der Waals surface area contributed by atoms with Gasteiger partial charge in [-0.05, 0) is 31.9 Å². The number of esters is 1. The summed E-state index contributed by atoms with van der Waals surface area (Å²) in [7, 11) is -2.76. The number of aryl methyl sites for hydroxylation is 1. The van der Waals surface area contributed by atoms with E-state index in [2.05, 4.69) is 4.98 Å². The minimum absolute atomic E-state index is 0.0117. The van der Waals surface area contributed by atoms with Gasteiger partial charge in [-0.2, -0.15) is 4.67 Å². The minimum atomic E-state index is -4.02. The van der Waals surface area contributed by atoms with Gasteiger partial charge in [-0.15, -0.1) is 0 Å². The van der Waals surface area contributed by atoms with Gasteiger partial charge in [0.2, 0.25) is 0 Å². The van der Waals surface area contributed by atoms with Gasteiger partial charge in [0.1, 0.15) is 18.4 Å². The molecule has 2 aromatic rings. The van der Waals surface area contributed by atoms with E-state index in [-0.39, 0.29) is 13.2 Å². The summed E-state index contributed by atoms with van der Waals surface area (Å²) < 4.78 is 44.2. The van der Waals surface area contributed by atoms with Crippen molar-refractivity contribution in [3.63, 3.8) is 0 Å². The monoisotopic (exact) mass is 495 g/mol. The predicted molar refractivity (Wildman–Crippen MR) is 118 cm³/mol. The second-order valence-corrected chi connectivity index (χ2v) is 9.74. The van der Waals surface area contributed by atoms with Crippen molar-refractivity contribution in [1.29, 1.82) is 0 Å². The Bertz CT molecular complexity index is 1180. The largest absolute Gasteiger partial charge is 0.468 e. The van der Waals surface area contributed by atoms with Crippen LogP contribution in [0.3, 0.4) is 0 Å². The van der Waals surface area contributed by atoms with E-state index in [1.165, 1.54) is 22.5 Å².